The van der Waals surface area contributed by atoms with Crippen molar-refractivity contribution in [1.82, 2.24) is 9.88 Å². The maximum absolute atomic E-state index is 12.7. The SMILES string of the molecule is Cl.Cl.O=C(O)C1CCN(C(=O)c2cccnc2N2CCCC2)C1. The molecule has 0 spiro atoms. The number of carbonyl (C=O) groups is 2. The molecule has 0 aromatic carbocycles. The zero-order chi connectivity index (χ0) is 14.8. The second-order valence-corrected chi connectivity index (χ2v) is 5.64. The Morgan fingerprint density at radius 2 is 1.87 bits per heavy atom. The number of halogens is 2. The van der Waals surface area contributed by atoms with Crippen LogP contribution in [-0.2, 0) is 4.79 Å². The summed E-state index contributed by atoms with van der Waals surface area (Å²) in [6.07, 6.45) is 4.47. The number of amides is 1. The van der Waals surface area contributed by atoms with Crippen LogP contribution in [0.2, 0.25) is 0 Å². The molecule has 23 heavy (non-hydrogen) atoms. The number of hydrogen-bond donors (Lipinski definition) is 1. The van der Waals surface area contributed by atoms with E-state index in [2.05, 4.69) is 9.88 Å². The number of aromatic nitrogens is 1. The summed E-state index contributed by atoms with van der Waals surface area (Å²) in [5.74, 6) is -0.635. The van der Waals surface area contributed by atoms with Gasteiger partial charge in [0.25, 0.3) is 5.91 Å². The molecule has 0 radical (unpaired) electrons. The molecule has 1 atom stereocenters. The molecule has 2 aliphatic rings. The van der Waals surface area contributed by atoms with E-state index < -0.39 is 11.9 Å². The molecule has 1 aromatic heterocycles. The van der Waals surface area contributed by atoms with E-state index in [1.54, 1.807) is 23.2 Å². The van der Waals surface area contributed by atoms with E-state index >= 15 is 0 Å². The van der Waals surface area contributed by atoms with Crippen molar-refractivity contribution in [3.8, 4) is 0 Å². The highest BCUT2D eigenvalue weighted by Gasteiger charge is 2.33. The monoisotopic (exact) mass is 361 g/mol. The van der Waals surface area contributed by atoms with Gasteiger partial charge in [-0.2, -0.15) is 0 Å². The average Bonchev–Trinajstić information content (AvgIpc) is 3.18. The first-order chi connectivity index (χ1) is 10.2. The van der Waals surface area contributed by atoms with Gasteiger partial charge in [0.2, 0.25) is 0 Å². The summed E-state index contributed by atoms with van der Waals surface area (Å²) in [6.45, 7) is 2.65. The van der Waals surface area contributed by atoms with Gasteiger partial charge in [-0.15, -0.1) is 24.8 Å². The van der Waals surface area contributed by atoms with Crippen LogP contribution in [0.15, 0.2) is 18.3 Å². The van der Waals surface area contributed by atoms with Crippen LogP contribution in [0.1, 0.15) is 29.6 Å². The molecule has 1 N–H and O–H groups in total. The van der Waals surface area contributed by atoms with Crippen LogP contribution in [0, 0.1) is 5.92 Å². The number of carbonyl (C=O) groups excluding carboxylic acids is 1. The lowest BCUT2D eigenvalue weighted by molar-refractivity contribution is -0.141. The number of likely N-dealkylation sites (tertiary alicyclic amines) is 1. The number of nitrogens with zero attached hydrogens (tertiary/aromatic N) is 3. The predicted molar refractivity (Wildman–Crippen MR) is 91.8 cm³/mol. The number of carboxylic acids is 1. The largest absolute Gasteiger partial charge is 0.481 e. The fourth-order valence-corrected chi connectivity index (χ4v) is 3.06. The third kappa shape index (κ3) is 4.06. The van der Waals surface area contributed by atoms with Crippen molar-refractivity contribution in [2.75, 3.05) is 31.1 Å². The molecule has 2 fully saturated rings. The summed E-state index contributed by atoms with van der Waals surface area (Å²) in [7, 11) is 0. The van der Waals surface area contributed by atoms with Gasteiger partial charge in [-0.05, 0) is 31.4 Å². The molecule has 2 saturated heterocycles. The zero-order valence-electron chi connectivity index (χ0n) is 12.7. The zero-order valence-corrected chi connectivity index (χ0v) is 14.3. The van der Waals surface area contributed by atoms with Gasteiger partial charge < -0.3 is 14.9 Å². The minimum absolute atomic E-state index is 0. The Bertz CT molecular complexity index is 565. The Hall–Kier alpha value is -1.53. The summed E-state index contributed by atoms with van der Waals surface area (Å²) in [6, 6.07) is 3.55. The van der Waals surface area contributed by atoms with E-state index in [-0.39, 0.29) is 30.7 Å². The second kappa shape index (κ2) is 8.36. The van der Waals surface area contributed by atoms with Gasteiger partial charge in [-0.25, -0.2) is 4.98 Å². The smallest absolute Gasteiger partial charge is 0.308 e. The van der Waals surface area contributed by atoms with Gasteiger partial charge in [0.15, 0.2) is 0 Å². The number of aliphatic carboxylic acids is 1. The highest BCUT2D eigenvalue weighted by atomic mass is 35.5. The quantitative estimate of drug-likeness (QED) is 0.891. The molecule has 1 amide bonds. The van der Waals surface area contributed by atoms with Crippen LogP contribution in [0.4, 0.5) is 5.82 Å². The minimum Gasteiger partial charge on any atom is -0.481 e. The van der Waals surface area contributed by atoms with E-state index in [1.807, 2.05) is 0 Å². The van der Waals surface area contributed by atoms with E-state index in [4.69, 9.17) is 5.11 Å². The number of pyridine rings is 1. The fraction of sp³-hybridized carbons (Fsp3) is 0.533. The molecular weight excluding hydrogens is 341 g/mol. The second-order valence-electron chi connectivity index (χ2n) is 5.64. The summed E-state index contributed by atoms with van der Waals surface area (Å²) in [4.78, 5) is 31.8. The van der Waals surface area contributed by atoms with Crippen LogP contribution in [-0.4, -0.2) is 53.0 Å². The third-order valence-corrected chi connectivity index (χ3v) is 4.25. The molecule has 1 unspecified atom stereocenters. The van der Waals surface area contributed by atoms with Crippen molar-refractivity contribution in [3.05, 3.63) is 23.9 Å². The van der Waals surface area contributed by atoms with Gasteiger partial charge in [-0.3, -0.25) is 9.59 Å². The molecule has 128 valence electrons. The molecule has 0 aliphatic carbocycles. The molecule has 3 rings (SSSR count). The van der Waals surface area contributed by atoms with E-state index in [0.29, 0.717) is 25.1 Å². The Morgan fingerprint density at radius 3 is 2.48 bits per heavy atom. The van der Waals surface area contributed by atoms with E-state index in [0.717, 1.165) is 31.7 Å². The lowest BCUT2D eigenvalue weighted by atomic mass is 10.1. The Morgan fingerprint density at radius 1 is 1.17 bits per heavy atom. The summed E-state index contributed by atoms with van der Waals surface area (Å²) < 4.78 is 0. The first kappa shape index (κ1) is 19.5. The van der Waals surface area contributed by atoms with Gasteiger partial charge >= 0.3 is 5.97 Å². The van der Waals surface area contributed by atoms with Gasteiger partial charge in [0, 0.05) is 32.4 Å². The molecule has 3 heterocycles. The van der Waals surface area contributed by atoms with E-state index in [1.165, 1.54) is 0 Å². The van der Waals surface area contributed by atoms with Crippen molar-refractivity contribution < 1.29 is 14.7 Å². The van der Waals surface area contributed by atoms with Crippen molar-refractivity contribution in [3.63, 3.8) is 0 Å². The summed E-state index contributed by atoms with van der Waals surface area (Å²) in [5, 5.41) is 9.05. The Balaban J connectivity index is 0.00000132. The van der Waals surface area contributed by atoms with Crippen LogP contribution in [0.3, 0.4) is 0 Å². The maximum atomic E-state index is 12.7. The van der Waals surface area contributed by atoms with Crippen LogP contribution >= 0.6 is 24.8 Å². The van der Waals surface area contributed by atoms with Crippen molar-refractivity contribution in [2.24, 2.45) is 5.92 Å². The topological polar surface area (TPSA) is 73.7 Å². The number of hydrogen-bond acceptors (Lipinski definition) is 4. The van der Waals surface area contributed by atoms with Gasteiger partial charge in [-0.1, -0.05) is 0 Å². The molecule has 2 aliphatic heterocycles. The number of rotatable bonds is 3. The van der Waals surface area contributed by atoms with Gasteiger partial charge in [0.1, 0.15) is 5.82 Å². The van der Waals surface area contributed by atoms with Crippen molar-refractivity contribution in [2.45, 2.75) is 19.3 Å². The van der Waals surface area contributed by atoms with Crippen LogP contribution in [0.5, 0.6) is 0 Å². The van der Waals surface area contributed by atoms with Crippen molar-refractivity contribution in [1.29, 1.82) is 0 Å². The Labute approximate surface area is 147 Å². The van der Waals surface area contributed by atoms with Crippen molar-refractivity contribution >= 4 is 42.5 Å². The molecule has 0 bridgehead atoms. The molecule has 8 heteroatoms. The number of anilines is 1. The standard InChI is InChI=1S/C15H19N3O3.2ClH/c19-14(18-9-5-11(10-18)15(20)21)12-4-3-6-16-13(12)17-7-1-2-8-17;;/h3-4,6,11H,1-2,5,7-10H2,(H,20,21);2*1H. The molecule has 6 nitrogen and oxygen atoms in total. The minimum atomic E-state index is -0.823. The van der Waals surface area contributed by atoms with Gasteiger partial charge in [0.05, 0.1) is 11.5 Å². The Kier molecular flexibility index (Phi) is 7.09. The van der Waals surface area contributed by atoms with Crippen LogP contribution < -0.4 is 4.90 Å². The maximum Gasteiger partial charge on any atom is 0.308 e. The highest BCUT2D eigenvalue weighted by molar-refractivity contribution is 5.99. The number of carboxylic acid groups (broad SMARTS) is 1. The molecular formula is C15H21Cl2N3O3. The van der Waals surface area contributed by atoms with Crippen LogP contribution in [0.25, 0.3) is 0 Å². The molecule has 1 aromatic rings. The lowest BCUT2D eigenvalue weighted by Crippen LogP contribution is -2.32. The highest BCUT2D eigenvalue weighted by Crippen LogP contribution is 2.25. The predicted octanol–water partition coefficient (Wildman–Crippen LogP) is 2.07. The molecule has 0 saturated carbocycles. The average molecular weight is 362 g/mol. The summed E-state index contributed by atoms with van der Waals surface area (Å²) >= 11 is 0. The van der Waals surface area contributed by atoms with E-state index in [9.17, 15) is 9.59 Å². The third-order valence-electron chi connectivity index (χ3n) is 4.25. The summed E-state index contributed by atoms with van der Waals surface area (Å²) in [5.41, 5.74) is 0.588. The normalized spacial score (nSPS) is 19.9. The lowest BCUT2D eigenvalue weighted by Gasteiger charge is -2.22. The fourth-order valence-electron chi connectivity index (χ4n) is 3.06. The first-order valence-electron chi connectivity index (χ1n) is 7.39. The first-order valence-corrected chi connectivity index (χ1v) is 7.39.